The van der Waals surface area contributed by atoms with Crippen LogP contribution in [-0.4, -0.2) is 21.3 Å². The number of nitrogens with zero attached hydrogens (tertiary/aromatic N) is 3. The largest absolute Gasteiger partial charge is 0.304 e. The van der Waals surface area contributed by atoms with Gasteiger partial charge in [0.25, 0.3) is 0 Å². The lowest BCUT2D eigenvalue weighted by atomic mass is 10.1. The Morgan fingerprint density at radius 3 is 2.68 bits per heavy atom. The lowest BCUT2D eigenvalue weighted by Crippen LogP contribution is -2.25. The van der Waals surface area contributed by atoms with Gasteiger partial charge in [-0.25, -0.2) is 4.98 Å². The molecule has 0 radical (unpaired) electrons. The third-order valence-electron chi connectivity index (χ3n) is 3.02. The van der Waals surface area contributed by atoms with Crippen LogP contribution in [0, 0.1) is 13.8 Å². The zero-order valence-electron chi connectivity index (χ0n) is 11.7. The third-order valence-corrected chi connectivity index (χ3v) is 4.44. The van der Waals surface area contributed by atoms with Gasteiger partial charge in [0.1, 0.15) is 0 Å². The van der Waals surface area contributed by atoms with Crippen LogP contribution in [0.5, 0.6) is 0 Å². The molecule has 0 aliphatic carbocycles. The highest BCUT2D eigenvalue weighted by molar-refractivity contribution is 7.11. The molecule has 0 aliphatic rings. The number of aryl methyl sites for hydroxylation is 3. The van der Waals surface area contributed by atoms with E-state index in [1.165, 1.54) is 4.88 Å². The Kier molecular flexibility index (Phi) is 4.60. The summed E-state index contributed by atoms with van der Waals surface area (Å²) in [6.45, 7) is 9.91. The number of rotatable bonds is 5. The lowest BCUT2D eigenvalue weighted by molar-refractivity contribution is 0.545. The van der Waals surface area contributed by atoms with Crippen LogP contribution in [0.4, 0.5) is 0 Å². The Morgan fingerprint density at radius 1 is 1.42 bits per heavy atom. The molecular weight excluding hydrogens is 280 g/mol. The maximum atomic E-state index is 6.32. The van der Waals surface area contributed by atoms with Crippen LogP contribution in [-0.2, 0) is 6.54 Å². The van der Waals surface area contributed by atoms with E-state index in [1.807, 2.05) is 18.5 Å². The molecule has 0 amide bonds. The quantitative estimate of drug-likeness (QED) is 0.921. The van der Waals surface area contributed by atoms with Crippen molar-refractivity contribution in [2.45, 2.75) is 40.3 Å². The Bertz CT molecular complexity index is 561. The molecule has 6 heteroatoms. The van der Waals surface area contributed by atoms with Gasteiger partial charge < -0.3 is 5.32 Å². The van der Waals surface area contributed by atoms with E-state index in [-0.39, 0.29) is 6.04 Å². The Labute approximate surface area is 122 Å². The maximum Gasteiger partial charge on any atom is 0.0900 e. The summed E-state index contributed by atoms with van der Waals surface area (Å²) in [6, 6.07) is 0.0612. The van der Waals surface area contributed by atoms with Crippen molar-refractivity contribution in [2.75, 3.05) is 6.54 Å². The van der Waals surface area contributed by atoms with Crippen LogP contribution in [0.3, 0.4) is 0 Å². The number of hydrogen-bond acceptors (Lipinski definition) is 4. The molecule has 2 aromatic heterocycles. The summed E-state index contributed by atoms with van der Waals surface area (Å²) in [4.78, 5) is 5.73. The summed E-state index contributed by atoms with van der Waals surface area (Å²) in [5, 5.41) is 9.61. The van der Waals surface area contributed by atoms with E-state index in [9.17, 15) is 0 Å². The molecule has 0 aromatic carbocycles. The molecular formula is C13H19ClN4S. The molecule has 1 N–H and O–H groups in total. The molecule has 1 atom stereocenters. The van der Waals surface area contributed by atoms with Gasteiger partial charge in [-0.2, -0.15) is 5.10 Å². The molecule has 1 unspecified atom stereocenters. The summed E-state index contributed by atoms with van der Waals surface area (Å²) < 4.78 is 1.95. The second-order valence-corrected chi connectivity index (χ2v) is 6.01. The number of nitrogens with one attached hydrogen (secondary N) is 1. The van der Waals surface area contributed by atoms with Gasteiger partial charge in [0.05, 0.1) is 38.5 Å². The van der Waals surface area contributed by atoms with Gasteiger partial charge in [-0.05, 0) is 27.3 Å². The molecule has 19 heavy (non-hydrogen) atoms. The first-order valence-corrected chi connectivity index (χ1v) is 7.66. The molecule has 2 heterocycles. The van der Waals surface area contributed by atoms with E-state index in [2.05, 4.69) is 29.2 Å². The highest BCUT2D eigenvalue weighted by Crippen LogP contribution is 2.33. The van der Waals surface area contributed by atoms with E-state index in [1.54, 1.807) is 17.5 Å². The second-order valence-electron chi connectivity index (χ2n) is 4.37. The fraction of sp³-hybridized carbons (Fsp3) is 0.538. The number of halogens is 1. The smallest absolute Gasteiger partial charge is 0.0900 e. The predicted molar refractivity (Wildman–Crippen MR) is 80.0 cm³/mol. The number of hydrogen-bond donors (Lipinski definition) is 1. The molecule has 2 rings (SSSR count). The van der Waals surface area contributed by atoms with Crippen molar-refractivity contribution in [1.82, 2.24) is 20.1 Å². The molecule has 0 spiro atoms. The lowest BCUT2D eigenvalue weighted by Gasteiger charge is -2.19. The minimum Gasteiger partial charge on any atom is -0.304 e. The van der Waals surface area contributed by atoms with Crippen molar-refractivity contribution in [3.05, 3.63) is 32.5 Å². The summed E-state index contributed by atoms with van der Waals surface area (Å²) in [5.74, 6) is 0. The first kappa shape index (κ1) is 14.5. The molecule has 0 bridgehead atoms. The van der Waals surface area contributed by atoms with Crippen LogP contribution in [0.15, 0.2) is 6.20 Å². The SMILES string of the molecule is CCNC(c1sc(C)nc1C)c1c(Cl)cnn1CC. The van der Waals surface area contributed by atoms with Crippen molar-refractivity contribution >= 4 is 22.9 Å². The third kappa shape index (κ3) is 2.83. The topological polar surface area (TPSA) is 42.7 Å². The van der Waals surface area contributed by atoms with Gasteiger partial charge in [-0.3, -0.25) is 4.68 Å². The monoisotopic (exact) mass is 298 g/mol. The molecule has 0 saturated heterocycles. The van der Waals surface area contributed by atoms with Crippen molar-refractivity contribution in [1.29, 1.82) is 0 Å². The Hall–Kier alpha value is -0.910. The van der Waals surface area contributed by atoms with E-state index >= 15 is 0 Å². The van der Waals surface area contributed by atoms with Crippen molar-refractivity contribution < 1.29 is 0 Å². The van der Waals surface area contributed by atoms with Crippen molar-refractivity contribution in [3.63, 3.8) is 0 Å². The second kappa shape index (κ2) is 6.03. The molecule has 0 fully saturated rings. The summed E-state index contributed by atoms with van der Waals surface area (Å²) >= 11 is 8.04. The average molecular weight is 299 g/mol. The zero-order valence-corrected chi connectivity index (χ0v) is 13.3. The first-order valence-electron chi connectivity index (χ1n) is 6.46. The molecule has 0 aliphatic heterocycles. The Morgan fingerprint density at radius 2 is 2.16 bits per heavy atom. The minimum atomic E-state index is 0.0612. The highest BCUT2D eigenvalue weighted by atomic mass is 35.5. The van der Waals surface area contributed by atoms with Crippen LogP contribution in [0.25, 0.3) is 0 Å². The van der Waals surface area contributed by atoms with Crippen LogP contribution in [0.2, 0.25) is 5.02 Å². The van der Waals surface area contributed by atoms with Gasteiger partial charge in [0, 0.05) is 6.54 Å². The van der Waals surface area contributed by atoms with E-state index in [0.717, 1.165) is 29.5 Å². The average Bonchev–Trinajstić information content (AvgIpc) is 2.89. The first-order chi connectivity index (χ1) is 9.08. The van der Waals surface area contributed by atoms with Crippen LogP contribution in [0.1, 0.15) is 41.2 Å². The highest BCUT2D eigenvalue weighted by Gasteiger charge is 2.24. The maximum absolute atomic E-state index is 6.32. The standard InChI is InChI=1S/C13H19ClN4S/c1-5-15-11(13-8(3)17-9(4)19-13)12-10(14)7-16-18(12)6-2/h7,11,15H,5-6H2,1-4H3. The summed E-state index contributed by atoms with van der Waals surface area (Å²) in [7, 11) is 0. The van der Waals surface area contributed by atoms with Gasteiger partial charge >= 0.3 is 0 Å². The van der Waals surface area contributed by atoms with Gasteiger partial charge in [-0.15, -0.1) is 11.3 Å². The van der Waals surface area contributed by atoms with E-state index < -0.39 is 0 Å². The van der Waals surface area contributed by atoms with Crippen molar-refractivity contribution in [3.8, 4) is 0 Å². The molecule has 104 valence electrons. The molecule has 0 saturated carbocycles. The molecule has 4 nitrogen and oxygen atoms in total. The zero-order chi connectivity index (χ0) is 14.0. The fourth-order valence-corrected chi connectivity index (χ4v) is 3.50. The van der Waals surface area contributed by atoms with Gasteiger partial charge in [0.15, 0.2) is 0 Å². The predicted octanol–water partition coefficient (Wildman–Crippen LogP) is 3.33. The number of thiazole rings is 1. The van der Waals surface area contributed by atoms with Crippen molar-refractivity contribution in [2.24, 2.45) is 0 Å². The Balaban J connectivity index is 2.51. The van der Waals surface area contributed by atoms with Gasteiger partial charge in [-0.1, -0.05) is 18.5 Å². The summed E-state index contributed by atoms with van der Waals surface area (Å²) in [5.41, 5.74) is 2.09. The van der Waals surface area contributed by atoms with E-state index in [4.69, 9.17) is 11.6 Å². The number of aromatic nitrogens is 3. The summed E-state index contributed by atoms with van der Waals surface area (Å²) in [6.07, 6.45) is 1.72. The minimum absolute atomic E-state index is 0.0612. The van der Waals surface area contributed by atoms with E-state index in [0.29, 0.717) is 5.02 Å². The van der Waals surface area contributed by atoms with Crippen LogP contribution >= 0.6 is 22.9 Å². The fourth-order valence-electron chi connectivity index (χ4n) is 2.24. The van der Waals surface area contributed by atoms with Gasteiger partial charge in [0.2, 0.25) is 0 Å². The molecule has 2 aromatic rings. The van der Waals surface area contributed by atoms with Crippen LogP contribution < -0.4 is 5.32 Å². The normalized spacial score (nSPS) is 12.9.